The van der Waals surface area contributed by atoms with Crippen LogP contribution >= 0.6 is 11.6 Å². The van der Waals surface area contributed by atoms with Gasteiger partial charge in [-0.25, -0.2) is 9.97 Å². The van der Waals surface area contributed by atoms with Crippen molar-refractivity contribution >= 4 is 11.6 Å². The van der Waals surface area contributed by atoms with Crippen molar-refractivity contribution in [1.82, 2.24) is 9.97 Å². The SMILES string of the molecule is NCc1cc(C2CC2)nc(Cl)n1. The van der Waals surface area contributed by atoms with E-state index in [4.69, 9.17) is 17.3 Å². The second-order valence-electron chi connectivity index (χ2n) is 3.03. The van der Waals surface area contributed by atoms with Gasteiger partial charge in [0.05, 0.1) is 5.69 Å². The van der Waals surface area contributed by atoms with Crippen LogP contribution in [0.5, 0.6) is 0 Å². The molecule has 1 heterocycles. The molecule has 1 aliphatic carbocycles. The maximum atomic E-state index is 5.72. The van der Waals surface area contributed by atoms with Gasteiger partial charge in [-0.2, -0.15) is 0 Å². The fourth-order valence-electron chi connectivity index (χ4n) is 1.18. The van der Waals surface area contributed by atoms with E-state index in [2.05, 4.69) is 9.97 Å². The molecule has 0 unspecified atom stereocenters. The van der Waals surface area contributed by atoms with Gasteiger partial charge in [0.15, 0.2) is 0 Å². The molecule has 1 fully saturated rings. The molecule has 1 aromatic heterocycles. The number of halogens is 1. The smallest absolute Gasteiger partial charge is 0.222 e. The molecule has 1 saturated carbocycles. The first-order valence-corrected chi connectivity index (χ1v) is 4.41. The molecule has 0 amide bonds. The van der Waals surface area contributed by atoms with Crippen LogP contribution in [-0.4, -0.2) is 9.97 Å². The highest BCUT2D eigenvalue weighted by Crippen LogP contribution is 2.39. The Kier molecular flexibility index (Phi) is 1.98. The van der Waals surface area contributed by atoms with Crippen LogP contribution in [0.2, 0.25) is 5.28 Å². The summed E-state index contributed by atoms with van der Waals surface area (Å²) in [5.41, 5.74) is 7.34. The molecule has 2 rings (SSSR count). The van der Waals surface area contributed by atoms with E-state index in [1.807, 2.05) is 6.07 Å². The zero-order valence-corrected chi connectivity index (χ0v) is 7.38. The van der Waals surface area contributed by atoms with Gasteiger partial charge in [-0.3, -0.25) is 0 Å². The third kappa shape index (κ3) is 1.57. The van der Waals surface area contributed by atoms with Gasteiger partial charge < -0.3 is 5.73 Å². The Hall–Kier alpha value is -0.670. The average Bonchev–Trinajstić information content (AvgIpc) is 2.85. The molecular weight excluding hydrogens is 174 g/mol. The second kappa shape index (κ2) is 2.99. The summed E-state index contributed by atoms with van der Waals surface area (Å²) in [6.07, 6.45) is 2.44. The first-order chi connectivity index (χ1) is 5.79. The maximum Gasteiger partial charge on any atom is 0.222 e. The standard InChI is InChI=1S/C8H10ClN3/c9-8-11-6(4-10)3-7(12-8)5-1-2-5/h3,5H,1-2,4,10H2. The molecule has 3 nitrogen and oxygen atoms in total. The van der Waals surface area contributed by atoms with Crippen LogP contribution in [0.25, 0.3) is 0 Å². The Bertz CT molecular complexity index is 296. The lowest BCUT2D eigenvalue weighted by Crippen LogP contribution is -2.02. The summed E-state index contributed by atoms with van der Waals surface area (Å²) in [5.74, 6) is 0.607. The van der Waals surface area contributed by atoms with E-state index in [-0.39, 0.29) is 0 Å². The third-order valence-electron chi connectivity index (χ3n) is 1.98. The van der Waals surface area contributed by atoms with Gasteiger partial charge in [-0.05, 0) is 30.5 Å². The second-order valence-corrected chi connectivity index (χ2v) is 3.37. The quantitative estimate of drug-likeness (QED) is 0.707. The summed E-state index contributed by atoms with van der Waals surface area (Å²) >= 11 is 5.72. The number of nitrogens with two attached hydrogens (primary N) is 1. The van der Waals surface area contributed by atoms with Crippen molar-refractivity contribution in [3.05, 3.63) is 22.7 Å². The summed E-state index contributed by atoms with van der Waals surface area (Å²) in [7, 11) is 0. The fourth-order valence-corrected chi connectivity index (χ4v) is 1.38. The Labute approximate surface area is 76.0 Å². The highest BCUT2D eigenvalue weighted by molar-refractivity contribution is 6.28. The van der Waals surface area contributed by atoms with Gasteiger partial charge >= 0.3 is 0 Å². The van der Waals surface area contributed by atoms with Crippen LogP contribution in [0.4, 0.5) is 0 Å². The topological polar surface area (TPSA) is 51.8 Å². The first-order valence-electron chi connectivity index (χ1n) is 4.03. The monoisotopic (exact) mass is 183 g/mol. The van der Waals surface area contributed by atoms with Gasteiger partial charge in [-0.15, -0.1) is 0 Å². The number of hydrogen-bond acceptors (Lipinski definition) is 3. The minimum atomic E-state index is 0.319. The largest absolute Gasteiger partial charge is 0.325 e. The lowest BCUT2D eigenvalue weighted by molar-refractivity contribution is 0.913. The highest BCUT2D eigenvalue weighted by Gasteiger charge is 2.25. The lowest BCUT2D eigenvalue weighted by atomic mass is 10.2. The van der Waals surface area contributed by atoms with Crippen molar-refractivity contribution < 1.29 is 0 Å². The van der Waals surface area contributed by atoms with E-state index in [0.29, 0.717) is 17.7 Å². The Balaban J connectivity index is 2.34. The van der Waals surface area contributed by atoms with E-state index < -0.39 is 0 Å². The van der Waals surface area contributed by atoms with Gasteiger partial charge in [0.2, 0.25) is 5.28 Å². The molecule has 0 radical (unpaired) electrons. The van der Waals surface area contributed by atoms with Gasteiger partial charge in [0.1, 0.15) is 0 Å². The molecule has 0 atom stereocenters. The summed E-state index contributed by atoms with van der Waals surface area (Å²) in [5, 5.41) is 0.319. The molecule has 0 aliphatic heterocycles. The molecule has 0 saturated heterocycles. The molecular formula is C8H10ClN3. The molecule has 1 aliphatic rings. The summed E-state index contributed by atoms with van der Waals surface area (Å²) in [6, 6.07) is 1.95. The number of hydrogen-bond donors (Lipinski definition) is 1. The predicted molar refractivity (Wildman–Crippen MR) is 46.9 cm³/mol. The molecule has 0 spiro atoms. The number of aromatic nitrogens is 2. The van der Waals surface area contributed by atoms with Crippen LogP contribution in [0, 0.1) is 0 Å². The lowest BCUT2D eigenvalue weighted by Gasteiger charge is -2.00. The van der Waals surface area contributed by atoms with Crippen LogP contribution in [0.1, 0.15) is 30.1 Å². The van der Waals surface area contributed by atoms with E-state index in [0.717, 1.165) is 11.4 Å². The molecule has 2 N–H and O–H groups in total. The maximum absolute atomic E-state index is 5.72. The molecule has 0 bridgehead atoms. The Morgan fingerprint density at radius 1 is 1.50 bits per heavy atom. The molecule has 1 aromatic rings. The number of nitrogens with zero attached hydrogens (tertiary/aromatic N) is 2. The minimum absolute atomic E-state index is 0.319. The van der Waals surface area contributed by atoms with Crippen molar-refractivity contribution in [2.75, 3.05) is 0 Å². The first kappa shape index (κ1) is 7.95. The zero-order valence-electron chi connectivity index (χ0n) is 6.63. The molecule has 12 heavy (non-hydrogen) atoms. The molecule has 4 heteroatoms. The number of rotatable bonds is 2. The van der Waals surface area contributed by atoms with E-state index >= 15 is 0 Å². The zero-order chi connectivity index (χ0) is 8.55. The van der Waals surface area contributed by atoms with Gasteiger partial charge in [0.25, 0.3) is 0 Å². The van der Waals surface area contributed by atoms with E-state index in [1.54, 1.807) is 0 Å². The van der Waals surface area contributed by atoms with Crippen molar-refractivity contribution in [2.24, 2.45) is 5.73 Å². The van der Waals surface area contributed by atoms with Crippen molar-refractivity contribution in [2.45, 2.75) is 25.3 Å². The normalized spacial score (nSPS) is 16.5. The predicted octanol–water partition coefficient (Wildman–Crippen LogP) is 1.47. The summed E-state index contributed by atoms with van der Waals surface area (Å²) < 4.78 is 0. The van der Waals surface area contributed by atoms with Crippen LogP contribution in [0.3, 0.4) is 0 Å². The van der Waals surface area contributed by atoms with Crippen LogP contribution < -0.4 is 5.73 Å². The summed E-state index contributed by atoms with van der Waals surface area (Å²) in [4.78, 5) is 8.13. The fraction of sp³-hybridized carbons (Fsp3) is 0.500. The minimum Gasteiger partial charge on any atom is -0.325 e. The summed E-state index contributed by atoms with van der Waals surface area (Å²) in [6.45, 7) is 0.432. The van der Waals surface area contributed by atoms with Crippen LogP contribution in [-0.2, 0) is 6.54 Å². The van der Waals surface area contributed by atoms with Crippen LogP contribution in [0.15, 0.2) is 6.07 Å². The van der Waals surface area contributed by atoms with Crippen molar-refractivity contribution in [3.63, 3.8) is 0 Å². The molecule has 64 valence electrons. The third-order valence-corrected chi connectivity index (χ3v) is 2.15. The van der Waals surface area contributed by atoms with E-state index in [9.17, 15) is 0 Å². The average molecular weight is 184 g/mol. The van der Waals surface area contributed by atoms with E-state index in [1.165, 1.54) is 12.8 Å². The van der Waals surface area contributed by atoms with Gasteiger partial charge in [0, 0.05) is 18.2 Å². The van der Waals surface area contributed by atoms with Crippen molar-refractivity contribution in [3.8, 4) is 0 Å². The Morgan fingerprint density at radius 2 is 2.25 bits per heavy atom. The van der Waals surface area contributed by atoms with Gasteiger partial charge in [-0.1, -0.05) is 0 Å². The Morgan fingerprint density at radius 3 is 2.83 bits per heavy atom. The van der Waals surface area contributed by atoms with Crippen molar-refractivity contribution in [1.29, 1.82) is 0 Å². The highest BCUT2D eigenvalue weighted by atomic mass is 35.5. The molecule has 0 aromatic carbocycles.